The third-order valence-corrected chi connectivity index (χ3v) is 2.60. The van der Waals surface area contributed by atoms with Crippen LogP contribution in [0.15, 0.2) is 12.3 Å². The number of allylic oxidation sites excluding steroid dienone is 1. The van der Waals surface area contributed by atoms with E-state index in [2.05, 4.69) is 22.9 Å². The van der Waals surface area contributed by atoms with E-state index in [9.17, 15) is 0 Å². The van der Waals surface area contributed by atoms with Crippen LogP contribution in [0.2, 0.25) is 0 Å². The summed E-state index contributed by atoms with van der Waals surface area (Å²) in [5, 5.41) is 6.71. The van der Waals surface area contributed by atoms with E-state index in [4.69, 9.17) is 0 Å². The minimum atomic E-state index is 0.564. The van der Waals surface area contributed by atoms with Crippen molar-refractivity contribution in [1.29, 1.82) is 0 Å². The molecule has 1 saturated heterocycles. The molecule has 0 bridgehead atoms. The van der Waals surface area contributed by atoms with Crippen molar-refractivity contribution in [2.45, 2.75) is 12.8 Å². The molecule has 2 aliphatic heterocycles. The Bertz CT molecular complexity index is 145. The monoisotopic (exact) mass is 138 g/mol. The molecule has 0 aromatic heterocycles. The van der Waals surface area contributed by atoms with Crippen LogP contribution in [0.25, 0.3) is 0 Å². The molecule has 0 aromatic rings. The minimum absolute atomic E-state index is 0.564. The molecule has 2 rings (SSSR count). The van der Waals surface area contributed by atoms with Crippen molar-refractivity contribution < 1.29 is 0 Å². The molecule has 0 aliphatic carbocycles. The molecule has 1 unspecified atom stereocenters. The molecule has 10 heavy (non-hydrogen) atoms. The molecule has 56 valence electrons. The zero-order valence-electron chi connectivity index (χ0n) is 6.19. The summed E-state index contributed by atoms with van der Waals surface area (Å²) >= 11 is 0. The van der Waals surface area contributed by atoms with E-state index in [-0.39, 0.29) is 0 Å². The van der Waals surface area contributed by atoms with Crippen LogP contribution in [0.4, 0.5) is 0 Å². The van der Waals surface area contributed by atoms with E-state index in [1.807, 2.05) is 0 Å². The van der Waals surface area contributed by atoms with Gasteiger partial charge in [0.05, 0.1) is 0 Å². The zero-order chi connectivity index (χ0) is 6.86. The second-order valence-corrected chi connectivity index (χ2v) is 3.41. The van der Waals surface area contributed by atoms with Crippen LogP contribution < -0.4 is 10.6 Å². The lowest BCUT2D eigenvalue weighted by atomic mass is 9.82. The summed E-state index contributed by atoms with van der Waals surface area (Å²) in [4.78, 5) is 0. The Labute approximate surface area is 61.7 Å². The highest BCUT2D eigenvalue weighted by atomic mass is 15.0. The fourth-order valence-corrected chi connectivity index (χ4v) is 1.86. The van der Waals surface area contributed by atoms with Gasteiger partial charge in [-0.3, -0.25) is 0 Å². The van der Waals surface area contributed by atoms with Crippen LogP contribution in [-0.2, 0) is 0 Å². The number of hydrogen-bond donors (Lipinski definition) is 2. The van der Waals surface area contributed by atoms with Crippen LogP contribution in [0.5, 0.6) is 0 Å². The van der Waals surface area contributed by atoms with Gasteiger partial charge in [0.1, 0.15) is 0 Å². The average Bonchev–Trinajstić information content (AvgIpc) is 2.39. The van der Waals surface area contributed by atoms with Gasteiger partial charge in [-0.25, -0.2) is 0 Å². The second-order valence-electron chi connectivity index (χ2n) is 3.41. The van der Waals surface area contributed by atoms with Crippen molar-refractivity contribution in [3.8, 4) is 0 Å². The average molecular weight is 138 g/mol. The summed E-state index contributed by atoms with van der Waals surface area (Å²) in [6, 6.07) is 0. The predicted molar refractivity (Wildman–Crippen MR) is 41.7 cm³/mol. The Hall–Kier alpha value is -0.500. The van der Waals surface area contributed by atoms with Gasteiger partial charge >= 0.3 is 0 Å². The van der Waals surface area contributed by atoms with Crippen molar-refractivity contribution in [3.63, 3.8) is 0 Å². The molecule has 0 aromatic carbocycles. The molecule has 0 radical (unpaired) electrons. The first-order valence-corrected chi connectivity index (χ1v) is 4.01. The maximum Gasteiger partial charge on any atom is 0.0213 e. The van der Waals surface area contributed by atoms with Gasteiger partial charge < -0.3 is 10.6 Å². The SMILES string of the molecule is C1=CNCC2(C1)CCNC2. The first-order chi connectivity index (χ1) is 4.91. The quantitative estimate of drug-likeness (QED) is 0.508. The molecular formula is C8H14N2. The van der Waals surface area contributed by atoms with Gasteiger partial charge in [0.2, 0.25) is 0 Å². The lowest BCUT2D eigenvalue weighted by Gasteiger charge is -2.29. The molecule has 0 saturated carbocycles. The maximum atomic E-state index is 3.41. The Balaban J connectivity index is 2.06. The van der Waals surface area contributed by atoms with Crippen molar-refractivity contribution >= 4 is 0 Å². The second kappa shape index (κ2) is 2.27. The van der Waals surface area contributed by atoms with Crippen LogP contribution in [0.3, 0.4) is 0 Å². The predicted octanol–water partition coefficient (Wildman–Crippen LogP) is 0.473. The van der Waals surface area contributed by atoms with E-state index in [0.29, 0.717) is 5.41 Å². The Kier molecular flexibility index (Phi) is 1.42. The molecule has 2 aliphatic rings. The van der Waals surface area contributed by atoms with Gasteiger partial charge in [-0.15, -0.1) is 0 Å². The summed E-state index contributed by atoms with van der Waals surface area (Å²) in [6.07, 6.45) is 6.91. The highest BCUT2D eigenvalue weighted by molar-refractivity contribution is 5.01. The summed E-state index contributed by atoms with van der Waals surface area (Å²) in [5.74, 6) is 0. The molecule has 0 amide bonds. The first-order valence-electron chi connectivity index (χ1n) is 4.01. The van der Waals surface area contributed by atoms with Gasteiger partial charge in [0, 0.05) is 18.5 Å². The zero-order valence-corrected chi connectivity index (χ0v) is 6.19. The van der Waals surface area contributed by atoms with Crippen molar-refractivity contribution in [1.82, 2.24) is 10.6 Å². The Morgan fingerprint density at radius 2 is 2.30 bits per heavy atom. The van der Waals surface area contributed by atoms with E-state index in [1.54, 1.807) is 0 Å². The standard InChI is InChI=1S/C8H14N2/c1-2-8(6-9-4-1)3-5-10-7-8/h1,4,9-10H,2-3,5-7H2. The highest BCUT2D eigenvalue weighted by Crippen LogP contribution is 2.30. The summed E-state index contributed by atoms with van der Waals surface area (Å²) < 4.78 is 0. The van der Waals surface area contributed by atoms with E-state index in [1.165, 1.54) is 25.9 Å². The summed E-state index contributed by atoms with van der Waals surface area (Å²) in [5.41, 5.74) is 0.564. The molecule has 2 nitrogen and oxygen atoms in total. The maximum absolute atomic E-state index is 3.41. The summed E-state index contributed by atoms with van der Waals surface area (Å²) in [7, 11) is 0. The first kappa shape index (κ1) is 6.23. The molecular weight excluding hydrogens is 124 g/mol. The topological polar surface area (TPSA) is 24.1 Å². The Morgan fingerprint density at radius 1 is 1.30 bits per heavy atom. The van der Waals surface area contributed by atoms with Gasteiger partial charge in [0.15, 0.2) is 0 Å². The van der Waals surface area contributed by atoms with Crippen LogP contribution in [0, 0.1) is 5.41 Å². The highest BCUT2D eigenvalue weighted by Gasteiger charge is 2.33. The van der Waals surface area contributed by atoms with Gasteiger partial charge in [-0.05, 0) is 25.6 Å². The van der Waals surface area contributed by atoms with Gasteiger partial charge in [-0.1, -0.05) is 6.08 Å². The van der Waals surface area contributed by atoms with E-state index in [0.717, 1.165) is 6.54 Å². The van der Waals surface area contributed by atoms with Gasteiger partial charge in [0.25, 0.3) is 0 Å². The molecule has 2 heterocycles. The molecule has 1 atom stereocenters. The Morgan fingerprint density at radius 3 is 2.90 bits per heavy atom. The molecule has 2 N–H and O–H groups in total. The van der Waals surface area contributed by atoms with Gasteiger partial charge in [-0.2, -0.15) is 0 Å². The molecule has 1 fully saturated rings. The third-order valence-electron chi connectivity index (χ3n) is 2.60. The van der Waals surface area contributed by atoms with E-state index >= 15 is 0 Å². The summed E-state index contributed by atoms with van der Waals surface area (Å²) in [6.45, 7) is 3.57. The molecule has 1 spiro atoms. The lowest BCUT2D eigenvalue weighted by Crippen LogP contribution is -2.36. The van der Waals surface area contributed by atoms with Crippen molar-refractivity contribution in [2.75, 3.05) is 19.6 Å². The normalized spacial score (nSPS) is 38.4. The number of nitrogens with one attached hydrogen (secondary N) is 2. The third kappa shape index (κ3) is 0.926. The molecule has 2 heteroatoms. The lowest BCUT2D eigenvalue weighted by molar-refractivity contribution is 0.309. The van der Waals surface area contributed by atoms with E-state index < -0.39 is 0 Å². The number of hydrogen-bond acceptors (Lipinski definition) is 2. The van der Waals surface area contributed by atoms with Crippen LogP contribution >= 0.6 is 0 Å². The van der Waals surface area contributed by atoms with Crippen molar-refractivity contribution in [2.24, 2.45) is 5.41 Å². The fourth-order valence-electron chi connectivity index (χ4n) is 1.86. The number of rotatable bonds is 0. The van der Waals surface area contributed by atoms with Crippen molar-refractivity contribution in [3.05, 3.63) is 12.3 Å². The fraction of sp³-hybridized carbons (Fsp3) is 0.750. The van der Waals surface area contributed by atoms with Crippen LogP contribution in [-0.4, -0.2) is 19.6 Å². The van der Waals surface area contributed by atoms with Crippen LogP contribution in [0.1, 0.15) is 12.8 Å². The minimum Gasteiger partial charge on any atom is -0.391 e. The largest absolute Gasteiger partial charge is 0.391 e. The smallest absolute Gasteiger partial charge is 0.0213 e.